The van der Waals surface area contributed by atoms with E-state index in [0.29, 0.717) is 11.3 Å². The smallest absolute Gasteiger partial charge is 0.257 e. The van der Waals surface area contributed by atoms with Crippen molar-refractivity contribution in [2.75, 3.05) is 5.32 Å². The zero-order chi connectivity index (χ0) is 10.3. The fourth-order valence-electron chi connectivity index (χ4n) is 1.57. The third-order valence-corrected chi connectivity index (χ3v) is 3.09. The van der Waals surface area contributed by atoms with Crippen LogP contribution in [0, 0.1) is 0 Å². The van der Waals surface area contributed by atoms with Crippen LogP contribution in [-0.2, 0) is 4.79 Å². The molecule has 0 bridgehead atoms. The lowest BCUT2D eigenvalue weighted by Crippen LogP contribution is -2.03. The van der Waals surface area contributed by atoms with Gasteiger partial charge < -0.3 is 9.73 Å². The zero-order valence-corrected chi connectivity index (χ0v) is 8.51. The molecule has 0 aromatic carbocycles. The number of hydrogen-bond donors (Lipinski definition) is 1. The van der Waals surface area contributed by atoms with E-state index in [1.807, 2.05) is 17.5 Å². The van der Waals surface area contributed by atoms with Crippen molar-refractivity contribution in [1.29, 1.82) is 0 Å². The Balaban J connectivity index is 2.10. The highest BCUT2D eigenvalue weighted by atomic mass is 32.1. The van der Waals surface area contributed by atoms with E-state index in [9.17, 15) is 4.79 Å². The SMILES string of the molecule is O=C1Nc2sccc2/C1=C/c1ccco1. The van der Waals surface area contributed by atoms with Crippen molar-refractivity contribution in [2.24, 2.45) is 0 Å². The van der Waals surface area contributed by atoms with Crippen molar-refractivity contribution in [2.45, 2.75) is 0 Å². The quantitative estimate of drug-likeness (QED) is 0.746. The summed E-state index contributed by atoms with van der Waals surface area (Å²) in [5.41, 5.74) is 1.63. The molecule has 1 aliphatic heterocycles. The molecule has 1 N–H and O–H groups in total. The molecular formula is C11H7NO2S. The molecule has 4 heteroatoms. The third-order valence-electron chi connectivity index (χ3n) is 2.26. The van der Waals surface area contributed by atoms with Gasteiger partial charge in [0.25, 0.3) is 5.91 Å². The van der Waals surface area contributed by atoms with E-state index in [1.54, 1.807) is 18.4 Å². The number of nitrogens with one attached hydrogen (secondary N) is 1. The number of hydrogen-bond acceptors (Lipinski definition) is 3. The number of anilines is 1. The molecule has 3 rings (SSSR count). The van der Waals surface area contributed by atoms with Crippen molar-refractivity contribution in [3.8, 4) is 0 Å². The van der Waals surface area contributed by atoms with E-state index in [1.165, 1.54) is 11.3 Å². The molecule has 0 unspecified atom stereocenters. The molecule has 1 aliphatic rings. The Labute approximate surface area is 90.0 Å². The summed E-state index contributed by atoms with van der Waals surface area (Å²) in [7, 11) is 0. The Bertz CT molecular complexity index is 537. The number of carbonyl (C=O) groups is 1. The van der Waals surface area contributed by atoms with Crippen molar-refractivity contribution in [3.05, 3.63) is 41.2 Å². The van der Waals surface area contributed by atoms with Gasteiger partial charge in [-0.25, -0.2) is 0 Å². The normalized spacial score (nSPS) is 16.8. The molecule has 3 heterocycles. The van der Waals surface area contributed by atoms with Crippen LogP contribution in [0.3, 0.4) is 0 Å². The maximum atomic E-state index is 11.6. The average Bonchev–Trinajstić information content (AvgIpc) is 2.86. The summed E-state index contributed by atoms with van der Waals surface area (Å²) in [5.74, 6) is 0.632. The topological polar surface area (TPSA) is 42.2 Å². The van der Waals surface area contributed by atoms with Crippen LogP contribution in [0.25, 0.3) is 11.6 Å². The highest BCUT2D eigenvalue weighted by Crippen LogP contribution is 2.37. The Kier molecular flexibility index (Phi) is 1.76. The highest BCUT2D eigenvalue weighted by Gasteiger charge is 2.25. The van der Waals surface area contributed by atoms with Gasteiger partial charge in [0.15, 0.2) is 0 Å². The second-order valence-corrected chi connectivity index (χ2v) is 4.11. The van der Waals surface area contributed by atoms with E-state index >= 15 is 0 Å². The Morgan fingerprint density at radius 1 is 1.40 bits per heavy atom. The van der Waals surface area contributed by atoms with Gasteiger partial charge in [0.05, 0.1) is 11.8 Å². The van der Waals surface area contributed by atoms with Gasteiger partial charge in [0.2, 0.25) is 0 Å². The van der Waals surface area contributed by atoms with E-state index in [-0.39, 0.29) is 5.91 Å². The first kappa shape index (κ1) is 8.49. The van der Waals surface area contributed by atoms with Gasteiger partial charge in [-0.3, -0.25) is 4.79 Å². The molecule has 2 aromatic heterocycles. The first-order valence-corrected chi connectivity index (χ1v) is 5.37. The van der Waals surface area contributed by atoms with E-state index < -0.39 is 0 Å². The van der Waals surface area contributed by atoms with Crippen LogP contribution in [-0.4, -0.2) is 5.91 Å². The molecule has 74 valence electrons. The predicted octanol–water partition coefficient (Wildman–Crippen LogP) is 2.83. The van der Waals surface area contributed by atoms with Gasteiger partial charge in [-0.2, -0.15) is 0 Å². The number of fused-ring (bicyclic) bond motifs is 1. The van der Waals surface area contributed by atoms with Gasteiger partial charge in [0, 0.05) is 5.56 Å². The summed E-state index contributed by atoms with van der Waals surface area (Å²) >= 11 is 1.53. The molecule has 15 heavy (non-hydrogen) atoms. The van der Waals surface area contributed by atoms with Crippen LogP contribution in [0.1, 0.15) is 11.3 Å². The van der Waals surface area contributed by atoms with Gasteiger partial charge in [-0.1, -0.05) is 0 Å². The third kappa shape index (κ3) is 1.30. The molecule has 0 aliphatic carbocycles. The molecule has 0 saturated carbocycles. The predicted molar refractivity (Wildman–Crippen MR) is 59.5 cm³/mol. The molecule has 2 aromatic rings. The van der Waals surface area contributed by atoms with Crippen molar-refractivity contribution >= 4 is 33.9 Å². The second-order valence-electron chi connectivity index (χ2n) is 3.19. The molecule has 0 spiro atoms. The fraction of sp³-hybridized carbons (Fsp3) is 0. The molecule has 0 atom stereocenters. The second kappa shape index (κ2) is 3.10. The Hall–Kier alpha value is -1.81. The first-order valence-electron chi connectivity index (χ1n) is 4.49. The van der Waals surface area contributed by atoms with Gasteiger partial charge in [0.1, 0.15) is 10.8 Å². The van der Waals surface area contributed by atoms with Crippen LogP contribution in [0.5, 0.6) is 0 Å². The van der Waals surface area contributed by atoms with E-state index in [2.05, 4.69) is 5.32 Å². The number of thiophene rings is 1. The minimum absolute atomic E-state index is 0.0618. The minimum atomic E-state index is -0.0618. The van der Waals surface area contributed by atoms with Crippen LogP contribution in [0.4, 0.5) is 5.00 Å². The highest BCUT2D eigenvalue weighted by molar-refractivity contribution is 7.15. The average molecular weight is 217 g/mol. The van der Waals surface area contributed by atoms with E-state index in [4.69, 9.17) is 4.42 Å². The molecule has 0 radical (unpaired) electrons. The van der Waals surface area contributed by atoms with E-state index in [0.717, 1.165) is 10.6 Å². The van der Waals surface area contributed by atoms with Crippen LogP contribution in [0.2, 0.25) is 0 Å². The van der Waals surface area contributed by atoms with Crippen molar-refractivity contribution < 1.29 is 9.21 Å². The standard InChI is InChI=1S/C11H7NO2S/c13-10-9(6-7-2-1-4-14-7)8-3-5-15-11(8)12-10/h1-6H,(H,12,13)/b9-6-. The summed E-state index contributed by atoms with van der Waals surface area (Å²) in [6.45, 7) is 0. The van der Waals surface area contributed by atoms with Crippen LogP contribution in [0.15, 0.2) is 34.3 Å². The summed E-state index contributed by atoms with van der Waals surface area (Å²) in [4.78, 5) is 11.6. The monoisotopic (exact) mass is 217 g/mol. The largest absolute Gasteiger partial charge is 0.465 e. The summed E-state index contributed by atoms with van der Waals surface area (Å²) < 4.78 is 5.18. The van der Waals surface area contributed by atoms with Crippen LogP contribution >= 0.6 is 11.3 Å². The van der Waals surface area contributed by atoms with Gasteiger partial charge >= 0.3 is 0 Å². The minimum Gasteiger partial charge on any atom is -0.465 e. The van der Waals surface area contributed by atoms with Crippen LogP contribution < -0.4 is 5.32 Å². The summed E-state index contributed by atoms with van der Waals surface area (Å²) in [6.07, 6.45) is 3.35. The van der Waals surface area contributed by atoms with Gasteiger partial charge in [-0.15, -0.1) is 11.3 Å². The maximum absolute atomic E-state index is 11.6. The molecule has 1 amide bonds. The van der Waals surface area contributed by atoms with Crippen molar-refractivity contribution in [3.63, 3.8) is 0 Å². The van der Waals surface area contributed by atoms with Gasteiger partial charge in [-0.05, 0) is 29.7 Å². The lowest BCUT2D eigenvalue weighted by Gasteiger charge is -1.92. The number of amides is 1. The Morgan fingerprint density at radius 3 is 3.13 bits per heavy atom. The first-order chi connectivity index (χ1) is 7.34. The van der Waals surface area contributed by atoms with Crippen molar-refractivity contribution in [1.82, 2.24) is 0 Å². The molecule has 0 fully saturated rings. The molecule has 3 nitrogen and oxygen atoms in total. The lowest BCUT2D eigenvalue weighted by atomic mass is 10.1. The Morgan fingerprint density at radius 2 is 2.33 bits per heavy atom. The molecular weight excluding hydrogens is 210 g/mol. The fourth-order valence-corrected chi connectivity index (χ4v) is 2.37. The maximum Gasteiger partial charge on any atom is 0.257 e. The summed E-state index contributed by atoms with van der Waals surface area (Å²) in [5, 5.41) is 5.68. The molecule has 0 saturated heterocycles. The summed E-state index contributed by atoms with van der Waals surface area (Å²) in [6, 6.07) is 5.56. The number of rotatable bonds is 1. The number of carbonyl (C=O) groups excluding carboxylic acids is 1. The number of furan rings is 1. The lowest BCUT2D eigenvalue weighted by molar-refractivity contribution is -0.110. The zero-order valence-electron chi connectivity index (χ0n) is 7.69.